The van der Waals surface area contributed by atoms with Crippen molar-refractivity contribution in [2.45, 2.75) is 0 Å². The number of fused-ring (bicyclic) bond motifs is 6. The minimum Gasteiger partial charge on any atom is -0.436 e. The summed E-state index contributed by atoms with van der Waals surface area (Å²) in [6.45, 7) is 0. The van der Waals surface area contributed by atoms with Gasteiger partial charge in [0.1, 0.15) is 5.52 Å². The van der Waals surface area contributed by atoms with Gasteiger partial charge in [-0.25, -0.2) is 4.98 Å². The molecular weight excluding hydrogens is 747 g/mol. The number of para-hydroxylation sites is 2. The van der Waals surface area contributed by atoms with Crippen molar-refractivity contribution in [3.05, 3.63) is 212 Å². The molecule has 2 aromatic heterocycles. The first-order valence-corrected chi connectivity index (χ1v) is 21.1. The van der Waals surface area contributed by atoms with Crippen LogP contribution in [-0.2, 0) is 0 Å². The molecule has 0 aliphatic heterocycles. The molecule has 10 aromatic carbocycles. The van der Waals surface area contributed by atoms with Crippen LogP contribution in [0.5, 0.6) is 0 Å². The minimum atomic E-state index is 0.632. The molecule has 0 atom stereocenters. The zero-order chi connectivity index (χ0) is 39.6. The van der Waals surface area contributed by atoms with Gasteiger partial charge in [-0.3, -0.25) is 0 Å². The third kappa shape index (κ3) is 6.07. The van der Waals surface area contributed by atoms with Crippen molar-refractivity contribution < 1.29 is 4.42 Å². The Morgan fingerprint density at radius 2 is 0.800 bits per heavy atom. The standard InChI is InChI=1S/C57H35NOS/c1-3-9-44-31-46(27-21-36(44)7-1)38-13-15-40(16-14-38)48-29-30-55-51(33-48)52-35-49(41-19-17-39(18-20-41)47-28-22-37-8-2-4-10-45(37)32-47)34-50(56(52)60-55)42-23-25-43(26-24-42)57-58-53-11-5-6-12-54(53)59-57/h1-35H. The molecule has 2 nitrogen and oxygen atoms in total. The summed E-state index contributed by atoms with van der Waals surface area (Å²) >= 11 is 1.86. The molecule has 3 heteroatoms. The lowest BCUT2D eigenvalue weighted by Gasteiger charge is -2.11. The van der Waals surface area contributed by atoms with Crippen molar-refractivity contribution in [2.24, 2.45) is 0 Å². The van der Waals surface area contributed by atoms with Gasteiger partial charge in [0.05, 0.1) is 0 Å². The zero-order valence-corrected chi connectivity index (χ0v) is 33.3. The van der Waals surface area contributed by atoms with Gasteiger partial charge in [0.2, 0.25) is 5.89 Å². The normalized spacial score (nSPS) is 11.7. The largest absolute Gasteiger partial charge is 0.436 e. The molecule has 280 valence electrons. The first kappa shape index (κ1) is 34.5. The molecule has 0 aliphatic carbocycles. The molecule has 0 spiro atoms. The van der Waals surface area contributed by atoms with Gasteiger partial charge in [-0.2, -0.15) is 0 Å². The molecule has 0 N–H and O–H groups in total. The van der Waals surface area contributed by atoms with E-state index in [1.807, 2.05) is 35.6 Å². The van der Waals surface area contributed by atoms with Crippen LogP contribution >= 0.6 is 11.3 Å². The zero-order valence-electron chi connectivity index (χ0n) is 32.5. The smallest absolute Gasteiger partial charge is 0.227 e. The fourth-order valence-corrected chi connectivity index (χ4v) is 9.88. The Hall–Kier alpha value is -7.59. The van der Waals surface area contributed by atoms with Gasteiger partial charge in [0.15, 0.2) is 5.58 Å². The Morgan fingerprint density at radius 1 is 0.333 bits per heavy atom. The summed E-state index contributed by atoms with van der Waals surface area (Å²) in [4.78, 5) is 4.76. The van der Waals surface area contributed by atoms with Crippen LogP contribution < -0.4 is 0 Å². The third-order valence-electron chi connectivity index (χ3n) is 11.9. The number of oxazole rings is 1. The van der Waals surface area contributed by atoms with E-state index in [-0.39, 0.29) is 0 Å². The molecule has 0 unspecified atom stereocenters. The summed E-state index contributed by atoms with van der Waals surface area (Å²) in [7, 11) is 0. The average Bonchev–Trinajstić information content (AvgIpc) is 3.93. The number of aromatic nitrogens is 1. The summed E-state index contributed by atoms with van der Waals surface area (Å²) in [5, 5.41) is 7.55. The minimum absolute atomic E-state index is 0.632. The van der Waals surface area contributed by atoms with Gasteiger partial charge in [-0.1, -0.05) is 152 Å². The predicted molar refractivity (Wildman–Crippen MR) is 255 cm³/mol. The molecule has 0 saturated heterocycles. The van der Waals surface area contributed by atoms with Gasteiger partial charge in [0, 0.05) is 31.3 Å². The number of hydrogen-bond donors (Lipinski definition) is 0. The highest BCUT2D eigenvalue weighted by Gasteiger charge is 2.16. The van der Waals surface area contributed by atoms with E-state index in [0.29, 0.717) is 5.89 Å². The van der Waals surface area contributed by atoms with Crippen molar-refractivity contribution in [1.82, 2.24) is 4.98 Å². The lowest BCUT2D eigenvalue weighted by atomic mass is 9.93. The molecule has 0 fully saturated rings. The predicted octanol–water partition coefficient (Wildman–Crippen LogP) is 16.5. The van der Waals surface area contributed by atoms with Crippen LogP contribution in [0.25, 0.3) is 120 Å². The molecule has 0 aliphatic rings. The number of rotatable bonds is 6. The summed E-state index contributed by atoms with van der Waals surface area (Å²) in [6.07, 6.45) is 0. The van der Waals surface area contributed by atoms with Crippen LogP contribution in [0, 0.1) is 0 Å². The fourth-order valence-electron chi connectivity index (χ4n) is 8.68. The van der Waals surface area contributed by atoms with Gasteiger partial charge in [0.25, 0.3) is 0 Å². The second kappa shape index (κ2) is 14.1. The molecule has 0 amide bonds. The second-order valence-electron chi connectivity index (χ2n) is 15.6. The number of thiophene rings is 1. The first-order chi connectivity index (χ1) is 29.7. The van der Waals surface area contributed by atoms with E-state index in [2.05, 4.69) is 188 Å². The van der Waals surface area contributed by atoms with Gasteiger partial charge in [-0.05, 0) is 132 Å². The van der Waals surface area contributed by atoms with Crippen LogP contribution in [0.1, 0.15) is 0 Å². The summed E-state index contributed by atoms with van der Waals surface area (Å²) in [6, 6.07) is 76.9. The Kier molecular flexibility index (Phi) is 8.07. The Bertz CT molecular complexity index is 3540. The maximum absolute atomic E-state index is 6.13. The van der Waals surface area contributed by atoms with Crippen molar-refractivity contribution in [3.8, 4) is 67.1 Å². The number of hydrogen-bond acceptors (Lipinski definition) is 3. The van der Waals surface area contributed by atoms with E-state index in [4.69, 9.17) is 9.40 Å². The molecule has 12 rings (SSSR count). The van der Waals surface area contributed by atoms with E-state index >= 15 is 0 Å². The molecule has 0 radical (unpaired) electrons. The third-order valence-corrected chi connectivity index (χ3v) is 13.1. The highest BCUT2D eigenvalue weighted by Crippen LogP contribution is 2.45. The van der Waals surface area contributed by atoms with E-state index in [1.54, 1.807) is 0 Å². The highest BCUT2D eigenvalue weighted by molar-refractivity contribution is 7.26. The SMILES string of the molecule is c1ccc2cc(-c3ccc(-c4ccc5sc6c(-c7ccc(-c8nc9ccccc9o8)cc7)cc(-c7ccc(-c8ccc9ccccc9c8)cc7)cc6c5c4)cc3)ccc2c1. The lowest BCUT2D eigenvalue weighted by molar-refractivity contribution is 0.620. The summed E-state index contributed by atoms with van der Waals surface area (Å²) < 4.78 is 8.68. The molecule has 0 bridgehead atoms. The average molecular weight is 782 g/mol. The van der Waals surface area contributed by atoms with Crippen LogP contribution in [0.3, 0.4) is 0 Å². The topological polar surface area (TPSA) is 26.0 Å². The molecular formula is C57H35NOS. The summed E-state index contributed by atoms with van der Waals surface area (Å²) in [5.41, 5.74) is 14.7. The maximum Gasteiger partial charge on any atom is 0.227 e. The number of benzene rings is 10. The quantitative estimate of drug-likeness (QED) is 0.168. The van der Waals surface area contributed by atoms with Crippen LogP contribution in [-0.4, -0.2) is 4.98 Å². The molecule has 12 aromatic rings. The summed E-state index contributed by atoms with van der Waals surface area (Å²) in [5.74, 6) is 0.632. The molecule has 2 heterocycles. The highest BCUT2D eigenvalue weighted by atomic mass is 32.1. The van der Waals surface area contributed by atoms with E-state index in [9.17, 15) is 0 Å². The fraction of sp³-hybridized carbons (Fsp3) is 0. The molecule has 60 heavy (non-hydrogen) atoms. The second-order valence-corrected chi connectivity index (χ2v) is 16.6. The Labute approximate surface area is 351 Å². The van der Waals surface area contributed by atoms with Crippen LogP contribution in [0.2, 0.25) is 0 Å². The monoisotopic (exact) mass is 781 g/mol. The number of nitrogens with zero attached hydrogens (tertiary/aromatic N) is 1. The van der Waals surface area contributed by atoms with Gasteiger partial charge < -0.3 is 4.42 Å². The van der Waals surface area contributed by atoms with Crippen LogP contribution in [0.15, 0.2) is 217 Å². The van der Waals surface area contributed by atoms with Crippen molar-refractivity contribution in [3.63, 3.8) is 0 Å². The van der Waals surface area contributed by atoms with Crippen molar-refractivity contribution in [2.75, 3.05) is 0 Å². The van der Waals surface area contributed by atoms with E-state index in [0.717, 1.165) is 22.2 Å². The van der Waals surface area contributed by atoms with Crippen LogP contribution in [0.4, 0.5) is 0 Å². The van der Waals surface area contributed by atoms with Crippen molar-refractivity contribution >= 4 is 64.2 Å². The van der Waals surface area contributed by atoms with Gasteiger partial charge in [-0.15, -0.1) is 11.3 Å². The van der Waals surface area contributed by atoms with Crippen molar-refractivity contribution in [1.29, 1.82) is 0 Å². The van der Waals surface area contributed by atoms with Gasteiger partial charge >= 0.3 is 0 Å². The Balaban J connectivity index is 0.954. The first-order valence-electron chi connectivity index (χ1n) is 20.3. The molecule has 0 saturated carbocycles. The maximum atomic E-state index is 6.13. The lowest BCUT2D eigenvalue weighted by Crippen LogP contribution is -1.85. The Morgan fingerprint density at radius 3 is 1.42 bits per heavy atom. The van der Waals surface area contributed by atoms with E-state index in [1.165, 1.54) is 91.8 Å². The van der Waals surface area contributed by atoms with E-state index < -0.39 is 0 Å².